The van der Waals surface area contributed by atoms with Crippen molar-refractivity contribution in [2.45, 2.75) is 32.7 Å². The summed E-state index contributed by atoms with van der Waals surface area (Å²) in [7, 11) is 1.74. The number of piperidine rings is 1. The fourth-order valence-corrected chi connectivity index (χ4v) is 3.76. The summed E-state index contributed by atoms with van der Waals surface area (Å²) in [6, 6.07) is 7.21. The van der Waals surface area contributed by atoms with Crippen LogP contribution < -0.4 is 10.2 Å². The Morgan fingerprint density at radius 1 is 1.32 bits per heavy atom. The van der Waals surface area contributed by atoms with Crippen molar-refractivity contribution in [1.82, 2.24) is 4.90 Å². The molecule has 0 saturated carbocycles. The fraction of sp³-hybridized carbons (Fsp3) is 0.579. The van der Waals surface area contributed by atoms with Crippen LogP contribution in [0.1, 0.15) is 26.7 Å². The van der Waals surface area contributed by atoms with Crippen molar-refractivity contribution in [2.24, 2.45) is 5.41 Å². The van der Waals surface area contributed by atoms with Crippen LogP contribution in [0.5, 0.6) is 0 Å². The Morgan fingerprint density at radius 3 is 2.68 bits per heavy atom. The molecule has 1 aromatic rings. The maximum Gasteiger partial charge on any atom is 0.244 e. The van der Waals surface area contributed by atoms with E-state index in [1.54, 1.807) is 12.0 Å². The van der Waals surface area contributed by atoms with Crippen molar-refractivity contribution in [2.75, 3.05) is 43.6 Å². The average Bonchev–Trinajstić information content (AvgIpc) is 2.60. The first-order valence-corrected chi connectivity index (χ1v) is 8.87. The summed E-state index contributed by atoms with van der Waals surface area (Å²) in [5, 5.41) is 2.83. The van der Waals surface area contributed by atoms with Gasteiger partial charge in [0.15, 0.2) is 0 Å². The summed E-state index contributed by atoms with van der Waals surface area (Å²) >= 11 is 0. The number of para-hydroxylation sites is 2. The highest BCUT2D eigenvalue weighted by atomic mass is 16.5. The van der Waals surface area contributed by atoms with Crippen LogP contribution in [0.3, 0.4) is 0 Å². The minimum absolute atomic E-state index is 0.0161. The molecule has 2 amide bonds. The third-order valence-electron chi connectivity index (χ3n) is 5.44. The number of anilines is 2. The van der Waals surface area contributed by atoms with Crippen molar-refractivity contribution in [3.63, 3.8) is 0 Å². The number of methoxy groups -OCH3 is 1. The topological polar surface area (TPSA) is 61.9 Å². The Bertz CT molecular complexity index is 653. The van der Waals surface area contributed by atoms with Gasteiger partial charge in [-0.15, -0.1) is 0 Å². The highest BCUT2D eigenvalue weighted by Crippen LogP contribution is 2.33. The number of nitrogens with one attached hydrogen (secondary N) is 1. The largest absolute Gasteiger partial charge is 0.384 e. The minimum Gasteiger partial charge on any atom is -0.384 e. The lowest BCUT2D eigenvalue weighted by molar-refractivity contribution is -0.126. The second kappa shape index (κ2) is 7.14. The first-order chi connectivity index (χ1) is 11.9. The van der Waals surface area contributed by atoms with Crippen LogP contribution in [-0.4, -0.2) is 56.1 Å². The lowest BCUT2D eigenvalue weighted by Gasteiger charge is -2.42. The van der Waals surface area contributed by atoms with Crippen LogP contribution in [0.4, 0.5) is 11.4 Å². The fourth-order valence-electron chi connectivity index (χ4n) is 3.76. The smallest absolute Gasteiger partial charge is 0.244 e. The highest BCUT2D eigenvalue weighted by molar-refractivity contribution is 6.11. The molecule has 3 rings (SSSR count). The minimum atomic E-state index is -0.244. The van der Waals surface area contributed by atoms with E-state index in [-0.39, 0.29) is 29.8 Å². The highest BCUT2D eigenvalue weighted by Gasteiger charge is 2.36. The van der Waals surface area contributed by atoms with Gasteiger partial charge in [0.1, 0.15) is 6.54 Å². The van der Waals surface area contributed by atoms with Gasteiger partial charge in [-0.25, -0.2) is 0 Å². The van der Waals surface area contributed by atoms with Gasteiger partial charge >= 0.3 is 0 Å². The number of nitrogens with zero attached hydrogens (tertiary/aromatic N) is 2. The van der Waals surface area contributed by atoms with Crippen LogP contribution in [0.15, 0.2) is 24.3 Å². The number of carbonyl (C=O) groups is 2. The maximum atomic E-state index is 13.1. The number of fused-ring (bicyclic) bond motifs is 1. The van der Waals surface area contributed by atoms with E-state index in [0.717, 1.165) is 38.2 Å². The lowest BCUT2D eigenvalue weighted by Crippen LogP contribution is -2.54. The van der Waals surface area contributed by atoms with Crippen molar-refractivity contribution >= 4 is 23.2 Å². The third-order valence-corrected chi connectivity index (χ3v) is 5.44. The van der Waals surface area contributed by atoms with Gasteiger partial charge in [0.05, 0.1) is 24.0 Å². The van der Waals surface area contributed by atoms with Gasteiger partial charge in [-0.1, -0.05) is 19.1 Å². The number of hydrogen-bond acceptors (Lipinski definition) is 4. The number of carbonyl (C=O) groups excluding carboxylic acids is 2. The number of likely N-dealkylation sites (tertiary alicyclic amines) is 1. The molecule has 1 saturated heterocycles. The van der Waals surface area contributed by atoms with E-state index in [0.29, 0.717) is 5.69 Å². The van der Waals surface area contributed by atoms with Gasteiger partial charge in [0.2, 0.25) is 11.8 Å². The SMILES string of the molecule is COCC1(C)CCN(C(C)C(=O)N2CC(=O)Nc3ccccc32)CC1. The van der Waals surface area contributed by atoms with Crippen LogP contribution in [0, 0.1) is 5.41 Å². The molecule has 1 N–H and O–H groups in total. The molecule has 0 radical (unpaired) electrons. The van der Waals surface area contributed by atoms with E-state index in [1.807, 2.05) is 31.2 Å². The van der Waals surface area contributed by atoms with Crippen molar-refractivity contribution < 1.29 is 14.3 Å². The first-order valence-electron chi connectivity index (χ1n) is 8.87. The van der Waals surface area contributed by atoms with E-state index in [9.17, 15) is 9.59 Å². The normalized spacial score (nSPS) is 21.4. The maximum absolute atomic E-state index is 13.1. The first kappa shape index (κ1) is 17.9. The molecule has 6 heteroatoms. The molecule has 136 valence electrons. The molecule has 2 aliphatic heterocycles. The van der Waals surface area contributed by atoms with Gasteiger partial charge in [0.25, 0.3) is 0 Å². The Labute approximate surface area is 149 Å². The zero-order chi connectivity index (χ0) is 18.0. The second-order valence-corrected chi connectivity index (χ2v) is 7.45. The molecule has 0 spiro atoms. The average molecular weight is 345 g/mol. The lowest BCUT2D eigenvalue weighted by atomic mass is 9.81. The van der Waals surface area contributed by atoms with E-state index >= 15 is 0 Å². The Morgan fingerprint density at radius 2 is 2.00 bits per heavy atom. The molecule has 25 heavy (non-hydrogen) atoms. The molecule has 0 bridgehead atoms. The monoisotopic (exact) mass is 345 g/mol. The van der Waals surface area contributed by atoms with E-state index in [4.69, 9.17) is 4.74 Å². The summed E-state index contributed by atoms with van der Waals surface area (Å²) < 4.78 is 5.34. The number of benzene rings is 1. The molecule has 6 nitrogen and oxygen atoms in total. The Balaban J connectivity index is 1.70. The number of rotatable bonds is 4. The number of ether oxygens (including phenoxy) is 1. The zero-order valence-electron chi connectivity index (χ0n) is 15.2. The van der Waals surface area contributed by atoms with Crippen molar-refractivity contribution in [1.29, 1.82) is 0 Å². The molecular weight excluding hydrogens is 318 g/mol. The van der Waals surface area contributed by atoms with Crippen LogP contribution in [-0.2, 0) is 14.3 Å². The van der Waals surface area contributed by atoms with Gasteiger partial charge in [0, 0.05) is 7.11 Å². The van der Waals surface area contributed by atoms with Crippen molar-refractivity contribution in [3.05, 3.63) is 24.3 Å². The Hall–Kier alpha value is -1.92. The second-order valence-electron chi connectivity index (χ2n) is 7.45. The van der Waals surface area contributed by atoms with Crippen LogP contribution in [0.25, 0.3) is 0 Å². The molecule has 0 aliphatic carbocycles. The summed E-state index contributed by atoms with van der Waals surface area (Å²) in [4.78, 5) is 28.9. The van der Waals surface area contributed by atoms with Crippen LogP contribution in [0.2, 0.25) is 0 Å². The molecule has 0 aromatic heterocycles. The number of amides is 2. The molecule has 1 aromatic carbocycles. The van der Waals surface area contributed by atoms with Crippen LogP contribution >= 0.6 is 0 Å². The zero-order valence-corrected chi connectivity index (χ0v) is 15.2. The molecule has 2 aliphatic rings. The molecular formula is C19H27N3O3. The molecule has 1 atom stereocenters. The van der Waals surface area contributed by atoms with Gasteiger partial charge in [-0.05, 0) is 50.4 Å². The summed E-state index contributed by atoms with van der Waals surface area (Å²) in [5.74, 6) is -0.164. The van der Waals surface area contributed by atoms with E-state index in [1.165, 1.54) is 0 Å². The van der Waals surface area contributed by atoms with Gasteiger partial charge in [-0.3, -0.25) is 19.4 Å². The molecule has 2 heterocycles. The predicted octanol–water partition coefficient (Wildman–Crippen LogP) is 2.11. The van der Waals surface area contributed by atoms with Crippen molar-refractivity contribution in [3.8, 4) is 0 Å². The van der Waals surface area contributed by atoms with Gasteiger partial charge < -0.3 is 10.1 Å². The molecule has 1 unspecified atom stereocenters. The summed E-state index contributed by atoms with van der Waals surface area (Å²) in [6.45, 7) is 6.75. The summed E-state index contributed by atoms with van der Waals surface area (Å²) in [6.07, 6.45) is 2.02. The number of hydrogen-bond donors (Lipinski definition) is 1. The van der Waals surface area contributed by atoms with E-state index in [2.05, 4.69) is 17.1 Å². The molecule has 1 fully saturated rings. The standard InChI is InChI=1S/C19H27N3O3/c1-14(21-10-8-19(2,9-11-21)13-25-3)18(24)22-12-17(23)20-15-6-4-5-7-16(15)22/h4-7,14H,8-13H2,1-3H3,(H,20,23). The quantitative estimate of drug-likeness (QED) is 0.908. The van der Waals surface area contributed by atoms with Gasteiger partial charge in [-0.2, -0.15) is 0 Å². The Kier molecular flexibility index (Phi) is 5.11. The van der Waals surface area contributed by atoms with E-state index < -0.39 is 0 Å². The summed E-state index contributed by atoms with van der Waals surface area (Å²) in [5.41, 5.74) is 1.66. The predicted molar refractivity (Wildman–Crippen MR) is 97.7 cm³/mol. The third kappa shape index (κ3) is 3.70.